The molecule has 1 aliphatic rings. The quantitative estimate of drug-likeness (QED) is 0.769. The van der Waals surface area contributed by atoms with E-state index in [-0.39, 0.29) is 22.9 Å². The molecule has 2 atom stereocenters. The summed E-state index contributed by atoms with van der Waals surface area (Å²) in [5.74, 6) is 0.247. The van der Waals surface area contributed by atoms with Crippen molar-refractivity contribution in [2.45, 2.75) is 63.4 Å². The number of nitrogens with two attached hydrogens (primary N) is 1. The molecule has 2 unspecified atom stereocenters. The molecule has 6 nitrogen and oxygen atoms in total. The number of amides is 1. The summed E-state index contributed by atoms with van der Waals surface area (Å²) in [7, 11) is -1.77. The van der Waals surface area contributed by atoms with E-state index in [4.69, 9.17) is 5.73 Å². The third-order valence-corrected chi connectivity index (χ3v) is 7.48. The van der Waals surface area contributed by atoms with Crippen LogP contribution >= 0.6 is 0 Å². The molecule has 0 saturated carbocycles. The molecule has 0 spiro atoms. The highest BCUT2D eigenvalue weighted by Gasteiger charge is 2.31. The molecular formula is C20H33N3O3S. The van der Waals surface area contributed by atoms with Gasteiger partial charge < -0.3 is 10.6 Å². The average molecular weight is 396 g/mol. The van der Waals surface area contributed by atoms with Crippen LogP contribution in [0, 0.1) is 5.92 Å². The fourth-order valence-corrected chi connectivity index (χ4v) is 5.03. The third kappa shape index (κ3) is 5.30. The number of sulfonamides is 1. The zero-order valence-electron chi connectivity index (χ0n) is 16.9. The van der Waals surface area contributed by atoms with Crippen molar-refractivity contribution in [2.75, 3.05) is 20.1 Å². The summed E-state index contributed by atoms with van der Waals surface area (Å²) in [5, 5.41) is 0. The molecule has 2 N–H and O–H groups in total. The highest BCUT2D eigenvalue weighted by Crippen LogP contribution is 2.25. The molecule has 27 heavy (non-hydrogen) atoms. The molecular weight excluding hydrogens is 362 g/mol. The maximum atomic E-state index is 12.9. The van der Waals surface area contributed by atoms with Gasteiger partial charge in [0.05, 0.1) is 4.90 Å². The molecule has 1 heterocycles. The van der Waals surface area contributed by atoms with Gasteiger partial charge in [-0.15, -0.1) is 0 Å². The van der Waals surface area contributed by atoms with E-state index in [9.17, 15) is 13.2 Å². The molecule has 1 fully saturated rings. The lowest BCUT2D eigenvalue weighted by molar-refractivity contribution is 0.0789. The molecule has 152 valence electrons. The Morgan fingerprint density at radius 3 is 2.44 bits per heavy atom. The van der Waals surface area contributed by atoms with Gasteiger partial charge in [-0.25, -0.2) is 8.42 Å². The van der Waals surface area contributed by atoms with Gasteiger partial charge in [0, 0.05) is 37.8 Å². The largest absolute Gasteiger partial charge is 0.342 e. The van der Waals surface area contributed by atoms with Crippen molar-refractivity contribution in [3.05, 3.63) is 29.8 Å². The normalized spacial score (nSPS) is 19.9. The average Bonchev–Trinajstić information content (AvgIpc) is 2.65. The van der Waals surface area contributed by atoms with E-state index in [1.54, 1.807) is 28.4 Å². The predicted molar refractivity (Wildman–Crippen MR) is 108 cm³/mol. The Morgan fingerprint density at radius 2 is 1.89 bits per heavy atom. The predicted octanol–water partition coefficient (Wildman–Crippen LogP) is 2.70. The minimum atomic E-state index is -3.51. The molecule has 1 aliphatic heterocycles. The van der Waals surface area contributed by atoms with Gasteiger partial charge in [-0.1, -0.05) is 20.3 Å². The topological polar surface area (TPSA) is 83.7 Å². The molecule has 1 saturated heterocycles. The van der Waals surface area contributed by atoms with Gasteiger partial charge in [-0.2, -0.15) is 4.31 Å². The Bertz CT molecular complexity index is 731. The van der Waals surface area contributed by atoms with Crippen LogP contribution in [0.2, 0.25) is 0 Å². The second-order valence-electron chi connectivity index (χ2n) is 7.91. The molecule has 1 aromatic carbocycles. The van der Waals surface area contributed by atoms with E-state index in [0.29, 0.717) is 24.6 Å². The molecule has 0 bridgehead atoms. The first kappa shape index (κ1) is 21.9. The lowest BCUT2D eigenvalue weighted by Gasteiger charge is -2.32. The van der Waals surface area contributed by atoms with Crippen molar-refractivity contribution >= 4 is 15.9 Å². The van der Waals surface area contributed by atoms with E-state index >= 15 is 0 Å². The van der Waals surface area contributed by atoms with Gasteiger partial charge in [0.15, 0.2) is 0 Å². The van der Waals surface area contributed by atoms with Crippen LogP contribution in [-0.2, 0) is 10.0 Å². The van der Waals surface area contributed by atoms with Crippen LogP contribution < -0.4 is 5.73 Å². The molecule has 7 heteroatoms. The number of hydrogen-bond acceptors (Lipinski definition) is 4. The summed E-state index contributed by atoms with van der Waals surface area (Å²) in [4.78, 5) is 14.5. The summed E-state index contributed by atoms with van der Waals surface area (Å²) in [6.45, 7) is 7.21. The zero-order chi connectivity index (χ0) is 20.2. The van der Waals surface area contributed by atoms with Gasteiger partial charge in [0.25, 0.3) is 5.91 Å². The molecule has 2 rings (SSSR count). The van der Waals surface area contributed by atoms with Gasteiger partial charge in [-0.3, -0.25) is 4.79 Å². The molecule has 0 aromatic heterocycles. The fraction of sp³-hybridized carbons (Fsp3) is 0.650. The lowest BCUT2D eigenvalue weighted by atomic mass is 10.0. The Hall–Kier alpha value is -1.44. The maximum Gasteiger partial charge on any atom is 0.253 e. The minimum Gasteiger partial charge on any atom is -0.342 e. The Kier molecular flexibility index (Phi) is 7.42. The van der Waals surface area contributed by atoms with Crippen molar-refractivity contribution in [3.8, 4) is 0 Å². The van der Waals surface area contributed by atoms with Crippen molar-refractivity contribution in [1.29, 1.82) is 0 Å². The van der Waals surface area contributed by atoms with E-state index in [1.165, 1.54) is 12.1 Å². The fourth-order valence-electron chi connectivity index (χ4n) is 3.33. The minimum absolute atomic E-state index is 0.0151. The van der Waals surface area contributed by atoms with Crippen molar-refractivity contribution in [1.82, 2.24) is 9.21 Å². The smallest absolute Gasteiger partial charge is 0.253 e. The number of hydrogen-bond donors (Lipinski definition) is 1. The summed E-state index contributed by atoms with van der Waals surface area (Å²) in [6, 6.07) is 6.35. The first-order chi connectivity index (χ1) is 12.6. The van der Waals surface area contributed by atoms with Gasteiger partial charge in [0.2, 0.25) is 10.0 Å². The first-order valence-electron chi connectivity index (χ1n) is 9.77. The van der Waals surface area contributed by atoms with E-state index < -0.39 is 10.0 Å². The van der Waals surface area contributed by atoms with Crippen LogP contribution in [0.3, 0.4) is 0 Å². The van der Waals surface area contributed by atoms with Gasteiger partial charge in [-0.05, 0) is 56.4 Å². The van der Waals surface area contributed by atoms with Crippen LogP contribution in [0.15, 0.2) is 29.2 Å². The highest BCUT2D eigenvalue weighted by atomic mass is 32.2. The summed E-state index contributed by atoms with van der Waals surface area (Å²) in [6.07, 6.45) is 3.58. The number of carbonyl (C=O) groups excluding carboxylic acids is 1. The van der Waals surface area contributed by atoms with Crippen LogP contribution in [0.1, 0.15) is 56.8 Å². The van der Waals surface area contributed by atoms with E-state index in [0.717, 1.165) is 25.7 Å². The number of carbonyl (C=O) groups is 1. The Balaban J connectivity index is 2.06. The second-order valence-corrected chi connectivity index (χ2v) is 9.80. The van der Waals surface area contributed by atoms with Crippen molar-refractivity contribution in [2.24, 2.45) is 11.7 Å². The third-order valence-electron chi connectivity index (χ3n) is 5.45. The highest BCUT2D eigenvalue weighted by molar-refractivity contribution is 7.89. The second kappa shape index (κ2) is 9.17. The number of rotatable bonds is 7. The SMILES string of the molecule is CC(C)C(N)CCN(C)C(=O)c1ccc(S(=O)(=O)N2CCCCC2C)cc1. The zero-order valence-corrected chi connectivity index (χ0v) is 17.7. The summed E-state index contributed by atoms with van der Waals surface area (Å²) >= 11 is 0. The van der Waals surface area contributed by atoms with Crippen LogP contribution in [0.25, 0.3) is 0 Å². The maximum absolute atomic E-state index is 12.9. The van der Waals surface area contributed by atoms with E-state index in [1.807, 2.05) is 6.92 Å². The van der Waals surface area contributed by atoms with Gasteiger partial charge >= 0.3 is 0 Å². The van der Waals surface area contributed by atoms with Crippen LogP contribution in [-0.4, -0.2) is 55.8 Å². The Labute approximate surface area is 163 Å². The van der Waals surface area contributed by atoms with E-state index in [2.05, 4.69) is 13.8 Å². The standard InChI is InChI=1S/C20H33N3O3S/c1-15(2)19(21)12-14-22(4)20(24)17-8-10-18(11-9-17)27(25,26)23-13-6-5-7-16(23)3/h8-11,15-16,19H,5-7,12-14,21H2,1-4H3. The number of benzene rings is 1. The van der Waals surface area contributed by atoms with Crippen molar-refractivity contribution < 1.29 is 13.2 Å². The molecule has 0 radical (unpaired) electrons. The van der Waals surface area contributed by atoms with Crippen LogP contribution in [0.4, 0.5) is 0 Å². The van der Waals surface area contributed by atoms with Crippen LogP contribution in [0.5, 0.6) is 0 Å². The van der Waals surface area contributed by atoms with Gasteiger partial charge in [0.1, 0.15) is 0 Å². The Morgan fingerprint density at radius 1 is 1.26 bits per heavy atom. The summed E-state index contributed by atoms with van der Waals surface area (Å²) in [5.41, 5.74) is 6.53. The van der Waals surface area contributed by atoms with Crippen molar-refractivity contribution in [3.63, 3.8) is 0 Å². The number of nitrogens with zero attached hydrogens (tertiary/aromatic N) is 2. The monoisotopic (exact) mass is 395 g/mol. The summed E-state index contributed by atoms with van der Waals surface area (Å²) < 4.78 is 27.3. The molecule has 1 amide bonds. The number of piperidine rings is 1. The first-order valence-corrected chi connectivity index (χ1v) is 11.2. The molecule has 0 aliphatic carbocycles. The lowest BCUT2D eigenvalue weighted by Crippen LogP contribution is -2.41. The molecule has 1 aromatic rings.